The zero-order valence-electron chi connectivity index (χ0n) is 10.6. The molecule has 0 aliphatic rings. The summed E-state index contributed by atoms with van der Waals surface area (Å²) in [7, 11) is 0. The molecule has 0 saturated carbocycles. The summed E-state index contributed by atoms with van der Waals surface area (Å²) in [6.07, 6.45) is 2.07. The van der Waals surface area contributed by atoms with Crippen molar-refractivity contribution in [1.82, 2.24) is 15.5 Å². The Balaban J connectivity index is 2.06. The summed E-state index contributed by atoms with van der Waals surface area (Å²) in [5.74, 6) is 0. The average Bonchev–Trinajstić information content (AvgIpc) is 2.86. The molecule has 102 valence electrons. The topological polar surface area (TPSA) is 37.8 Å². The molecule has 0 radical (unpaired) electrons. The maximum absolute atomic E-state index is 6.04. The molecule has 1 N–H and O–H groups in total. The van der Waals surface area contributed by atoms with Gasteiger partial charge in [0.15, 0.2) is 0 Å². The lowest BCUT2D eigenvalue weighted by Crippen LogP contribution is -2.14. The second-order valence-electron chi connectivity index (χ2n) is 4.08. The fourth-order valence-electron chi connectivity index (χ4n) is 1.67. The largest absolute Gasteiger partial charge is 0.317 e. The van der Waals surface area contributed by atoms with Crippen LogP contribution in [-0.2, 0) is 6.42 Å². The molecule has 1 aromatic carbocycles. The Labute approximate surface area is 135 Å². The molecule has 0 unspecified atom stereocenters. The Kier molecular flexibility index (Phi) is 6.00. The highest BCUT2D eigenvalue weighted by Crippen LogP contribution is 2.30. The molecule has 0 amide bonds. The first kappa shape index (κ1) is 15.2. The Hall–Kier alpha value is -0.240. The maximum Gasteiger partial charge on any atom is 0.148 e. The molecule has 0 bridgehead atoms. The molecule has 1 heterocycles. The van der Waals surface area contributed by atoms with E-state index in [1.807, 2.05) is 18.2 Å². The van der Waals surface area contributed by atoms with E-state index in [9.17, 15) is 0 Å². The van der Waals surface area contributed by atoms with Crippen LogP contribution < -0.4 is 5.32 Å². The van der Waals surface area contributed by atoms with Crippen molar-refractivity contribution in [2.75, 3.05) is 13.1 Å². The van der Waals surface area contributed by atoms with Gasteiger partial charge in [0.1, 0.15) is 10.0 Å². The fraction of sp³-hybridized carbons (Fsp3) is 0.385. The summed E-state index contributed by atoms with van der Waals surface area (Å²) >= 11 is 9.99. The van der Waals surface area contributed by atoms with E-state index < -0.39 is 0 Å². The fourth-order valence-corrected chi connectivity index (χ4v) is 3.52. The molecule has 0 fully saturated rings. The van der Waals surface area contributed by atoms with Crippen LogP contribution in [-0.4, -0.2) is 23.3 Å². The van der Waals surface area contributed by atoms with Gasteiger partial charge < -0.3 is 5.32 Å². The Bertz CT molecular complexity index is 544. The molecule has 0 atom stereocenters. The van der Waals surface area contributed by atoms with Crippen LogP contribution >= 0.6 is 45.5 Å². The quantitative estimate of drug-likeness (QED) is 0.581. The number of halogens is 2. The number of nitrogens with one attached hydrogen (secondary N) is 1. The SMILES string of the molecule is CCNCCCc1nnc(-c2cc(Cl)ccc2I)s1. The van der Waals surface area contributed by atoms with Gasteiger partial charge >= 0.3 is 0 Å². The summed E-state index contributed by atoms with van der Waals surface area (Å²) in [6.45, 7) is 4.16. The van der Waals surface area contributed by atoms with Crippen LogP contribution in [0.3, 0.4) is 0 Å². The van der Waals surface area contributed by atoms with Gasteiger partial charge in [-0.2, -0.15) is 0 Å². The summed E-state index contributed by atoms with van der Waals surface area (Å²) in [5.41, 5.74) is 1.07. The predicted octanol–water partition coefficient (Wildman–Crippen LogP) is 4.01. The molecular weight excluding hydrogens is 393 g/mol. The average molecular weight is 408 g/mol. The van der Waals surface area contributed by atoms with Crippen molar-refractivity contribution in [3.8, 4) is 10.6 Å². The van der Waals surface area contributed by atoms with E-state index in [-0.39, 0.29) is 0 Å². The molecule has 0 saturated heterocycles. The smallest absolute Gasteiger partial charge is 0.148 e. The van der Waals surface area contributed by atoms with Crippen molar-refractivity contribution < 1.29 is 0 Å². The zero-order chi connectivity index (χ0) is 13.7. The predicted molar refractivity (Wildman–Crippen MR) is 89.9 cm³/mol. The maximum atomic E-state index is 6.04. The summed E-state index contributed by atoms with van der Waals surface area (Å²) in [4.78, 5) is 0. The van der Waals surface area contributed by atoms with Gasteiger partial charge in [-0.25, -0.2) is 0 Å². The highest BCUT2D eigenvalue weighted by Gasteiger charge is 2.10. The Morgan fingerprint density at radius 3 is 3.00 bits per heavy atom. The van der Waals surface area contributed by atoms with Crippen molar-refractivity contribution in [1.29, 1.82) is 0 Å². The van der Waals surface area contributed by atoms with Crippen LogP contribution in [0.4, 0.5) is 0 Å². The van der Waals surface area contributed by atoms with E-state index in [2.05, 4.69) is 45.0 Å². The van der Waals surface area contributed by atoms with Gasteiger partial charge in [-0.1, -0.05) is 29.9 Å². The summed E-state index contributed by atoms with van der Waals surface area (Å²) in [6, 6.07) is 5.85. The number of benzene rings is 1. The van der Waals surface area contributed by atoms with E-state index in [0.717, 1.165) is 50.1 Å². The number of aromatic nitrogens is 2. The van der Waals surface area contributed by atoms with Crippen molar-refractivity contribution in [2.45, 2.75) is 19.8 Å². The minimum atomic E-state index is 0.735. The Morgan fingerprint density at radius 1 is 1.37 bits per heavy atom. The van der Waals surface area contributed by atoms with Crippen LogP contribution in [0.2, 0.25) is 5.02 Å². The van der Waals surface area contributed by atoms with E-state index >= 15 is 0 Å². The van der Waals surface area contributed by atoms with Gasteiger partial charge in [-0.3, -0.25) is 0 Å². The second-order valence-corrected chi connectivity index (χ2v) is 6.74. The third kappa shape index (κ3) is 4.37. The molecule has 6 heteroatoms. The van der Waals surface area contributed by atoms with E-state index in [0.29, 0.717) is 0 Å². The van der Waals surface area contributed by atoms with Gasteiger partial charge in [0.25, 0.3) is 0 Å². The lowest BCUT2D eigenvalue weighted by molar-refractivity contribution is 0.669. The van der Waals surface area contributed by atoms with Crippen LogP contribution in [0.15, 0.2) is 18.2 Å². The molecule has 0 aliphatic carbocycles. The first-order valence-electron chi connectivity index (χ1n) is 6.19. The lowest BCUT2D eigenvalue weighted by atomic mass is 10.2. The van der Waals surface area contributed by atoms with Gasteiger partial charge in [0.05, 0.1) is 0 Å². The molecule has 0 spiro atoms. The third-order valence-electron chi connectivity index (χ3n) is 2.62. The molecule has 0 aliphatic heterocycles. The lowest BCUT2D eigenvalue weighted by Gasteiger charge is -2.00. The standard InChI is InChI=1S/C13H15ClIN3S/c1-2-16-7-3-4-12-17-18-13(19-12)10-8-9(14)5-6-11(10)15/h5-6,8,16H,2-4,7H2,1H3. The second kappa shape index (κ2) is 7.52. The van der Waals surface area contributed by atoms with E-state index in [1.165, 1.54) is 0 Å². The first-order chi connectivity index (χ1) is 9.20. The summed E-state index contributed by atoms with van der Waals surface area (Å²) < 4.78 is 1.15. The molecule has 19 heavy (non-hydrogen) atoms. The third-order valence-corrected chi connectivity index (χ3v) is 4.81. The van der Waals surface area contributed by atoms with Crippen molar-refractivity contribution in [2.24, 2.45) is 0 Å². The number of hydrogen-bond donors (Lipinski definition) is 1. The van der Waals surface area contributed by atoms with Crippen LogP contribution in [0.5, 0.6) is 0 Å². The van der Waals surface area contributed by atoms with Crippen molar-refractivity contribution in [3.05, 3.63) is 31.8 Å². The summed E-state index contributed by atoms with van der Waals surface area (Å²) in [5, 5.41) is 14.6. The monoisotopic (exact) mass is 407 g/mol. The van der Waals surface area contributed by atoms with Crippen LogP contribution in [0, 0.1) is 3.57 Å². The number of nitrogens with zero attached hydrogens (tertiary/aromatic N) is 2. The normalized spacial score (nSPS) is 10.9. The first-order valence-corrected chi connectivity index (χ1v) is 8.46. The molecule has 2 rings (SSSR count). The van der Waals surface area contributed by atoms with Gasteiger partial charge in [-0.15, -0.1) is 10.2 Å². The van der Waals surface area contributed by atoms with Gasteiger partial charge in [-0.05, 0) is 60.3 Å². The minimum Gasteiger partial charge on any atom is -0.317 e. The number of rotatable bonds is 6. The van der Waals surface area contributed by atoms with E-state index in [1.54, 1.807) is 11.3 Å². The number of aryl methyl sites for hydroxylation is 1. The van der Waals surface area contributed by atoms with Crippen molar-refractivity contribution in [3.63, 3.8) is 0 Å². The van der Waals surface area contributed by atoms with E-state index in [4.69, 9.17) is 11.6 Å². The van der Waals surface area contributed by atoms with Gasteiger partial charge in [0, 0.05) is 20.6 Å². The molecule has 1 aromatic heterocycles. The number of hydrogen-bond acceptors (Lipinski definition) is 4. The van der Waals surface area contributed by atoms with Crippen LogP contribution in [0.25, 0.3) is 10.6 Å². The van der Waals surface area contributed by atoms with Crippen molar-refractivity contribution >= 4 is 45.5 Å². The highest BCUT2D eigenvalue weighted by molar-refractivity contribution is 14.1. The molecule has 3 nitrogen and oxygen atoms in total. The molecular formula is C13H15ClIN3S. The Morgan fingerprint density at radius 2 is 2.21 bits per heavy atom. The zero-order valence-corrected chi connectivity index (χ0v) is 14.3. The van der Waals surface area contributed by atoms with Crippen LogP contribution in [0.1, 0.15) is 18.4 Å². The van der Waals surface area contributed by atoms with Gasteiger partial charge in [0.2, 0.25) is 0 Å². The highest BCUT2D eigenvalue weighted by atomic mass is 127. The molecule has 2 aromatic rings. The minimum absolute atomic E-state index is 0.735.